The average molecular weight is 393 g/mol. The molecule has 7 heteroatoms. The zero-order chi connectivity index (χ0) is 19.7. The fourth-order valence-corrected chi connectivity index (χ4v) is 3.44. The van der Waals surface area contributed by atoms with Gasteiger partial charge in [-0.2, -0.15) is 0 Å². The minimum absolute atomic E-state index is 0.0307. The van der Waals surface area contributed by atoms with E-state index < -0.39 is 0 Å². The smallest absolute Gasteiger partial charge is 0.145 e. The van der Waals surface area contributed by atoms with E-state index >= 15 is 0 Å². The number of phenolic OH excluding ortho intramolecular Hbond substituents is 2. The number of hydrogen-bond acceptors (Lipinski definition) is 6. The van der Waals surface area contributed by atoms with Gasteiger partial charge in [-0.25, -0.2) is 4.68 Å². The van der Waals surface area contributed by atoms with Gasteiger partial charge in [-0.1, -0.05) is 36.4 Å². The lowest BCUT2D eigenvalue weighted by Gasteiger charge is -2.14. The Hall–Kier alpha value is -3.19. The Morgan fingerprint density at radius 1 is 1.04 bits per heavy atom. The Morgan fingerprint density at radius 2 is 1.82 bits per heavy atom. The number of thiol groups is 1. The summed E-state index contributed by atoms with van der Waals surface area (Å²) in [4.78, 5) is 0. The SMILES string of the molecule is CCCOc1ccc(-c2c(S)nnn2-c2ccc(O)cc2O)c2ccccc12. The van der Waals surface area contributed by atoms with Crippen molar-refractivity contribution < 1.29 is 14.9 Å². The van der Waals surface area contributed by atoms with Gasteiger partial charge in [0, 0.05) is 17.0 Å². The van der Waals surface area contributed by atoms with Crippen molar-refractivity contribution in [3.8, 4) is 34.2 Å². The van der Waals surface area contributed by atoms with Crippen molar-refractivity contribution in [1.82, 2.24) is 15.0 Å². The molecule has 4 aromatic rings. The van der Waals surface area contributed by atoms with Crippen LogP contribution >= 0.6 is 12.6 Å². The predicted molar refractivity (Wildman–Crippen MR) is 111 cm³/mol. The second-order valence-corrected chi connectivity index (χ2v) is 6.78. The molecule has 1 heterocycles. The molecule has 0 unspecified atom stereocenters. The highest BCUT2D eigenvalue weighted by Gasteiger charge is 2.19. The molecule has 0 saturated heterocycles. The van der Waals surface area contributed by atoms with Crippen molar-refractivity contribution >= 4 is 23.4 Å². The molecule has 2 N–H and O–H groups in total. The van der Waals surface area contributed by atoms with E-state index in [2.05, 4.69) is 29.9 Å². The number of aromatic hydroxyl groups is 2. The highest BCUT2D eigenvalue weighted by atomic mass is 32.1. The average Bonchev–Trinajstić information content (AvgIpc) is 3.07. The molecule has 28 heavy (non-hydrogen) atoms. The van der Waals surface area contributed by atoms with E-state index in [1.165, 1.54) is 16.8 Å². The molecule has 4 rings (SSSR count). The molecule has 0 aliphatic carbocycles. The Morgan fingerprint density at radius 3 is 2.57 bits per heavy atom. The van der Waals surface area contributed by atoms with Gasteiger partial charge >= 0.3 is 0 Å². The van der Waals surface area contributed by atoms with Crippen LogP contribution in [0, 0.1) is 0 Å². The molecule has 0 saturated carbocycles. The molecular formula is C21H19N3O3S. The minimum Gasteiger partial charge on any atom is -0.508 e. The van der Waals surface area contributed by atoms with E-state index in [9.17, 15) is 10.2 Å². The lowest BCUT2D eigenvalue weighted by Crippen LogP contribution is -2.01. The molecule has 3 aromatic carbocycles. The van der Waals surface area contributed by atoms with Crippen LogP contribution in [-0.4, -0.2) is 31.8 Å². The van der Waals surface area contributed by atoms with Gasteiger partial charge < -0.3 is 14.9 Å². The largest absolute Gasteiger partial charge is 0.508 e. The maximum absolute atomic E-state index is 10.3. The topological polar surface area (TPSA) is 80.4 Å². The van der Waals surface area contributed by atoms with E-state index in [1.54, 1.807) is 6.07 Å². The van der Waals surface area contributed by atoms with Crippen LogP contribution < -0.4 is 4.74 Å². The Labute approximate surface area is 167 Å². The van der Waals surface area contributed by atoms with Crippen LogP contribution in [0.2, 0.25) is 0 Å². The number of phenols is 2. The van der Waals surface area contributed by atoms with E-state index in [0.717, 1.165) is 28.5 Å². The van der Waals surface area contributed by atoms with Crippen LogP contribution in [0.5, 0.6) is 17.2 Å². The first kappa shape index (κ1) is 18.2. The van der Waals surface area contributed by atoms with Crippen LogP contribution in [0.25, 0.3) is 27.7 Å². The number of benzene rings is 3. The monoisotopic (exact) mass is 393 g/mol. The number of aromatic nitrogens is 3. The van der Waals surface area contributed by atoms with Crippen molar-refractivity contribution in [3.05, 3.63) is 54.6 Å². The molecular weight excluding hydrogens is 374 g/mol. The summed E-state index contributed by atoms with van der Waals surface area (Å²) in [6.45, 7) is 2.71. The van der Waals surface area contributed by atoms with Crippen LogP contribution in [0.4, 0.5) is 0 Å². The van der Waals surface area contributed by atoms with Gasteiger partial charge in [-0.05, 0) is 36.1 Å². The number of nitrogens with zero attached hydrogens (tertiary/aromatic N) is 3. The van der Waals surface area contributed by atoms with Gasteiger partial charge in [-0.15, -0.1) is 17.7 Å². The van der Waals surface area contributed by atoms with Gasteiger partial charge in [0.15, 0.2) is 0 Å². The highest BCUT2D eigenvalue weighted by Crippen LogP contribution is 2.38. The maximum atomic E-state index is 10.3. The molecule has 0 bridgehead atoms. The Kier molecular flexibility index (Phi) is 4.83. The van der Waals surface area contributed by atoms with E-state index in [4.69, 9.17) is 4.74 Å². The molecule has 6 nitrogen and oxygen atoms in total. The molecule has 0 amide bonds. The first-order valence-electron chi connectivity index (χ1n) is 8.92. The normalized spacial score (nSPS) is 11.1. The fourth-order valence-electron chi connectivity index (χ4n) is 3.18. The molecule has 0 spiro atoms. The summed E-state index contributed by atoms with van der Waals surface area (Å²) in [6.07, 6.45) is 0.924. The summed E-state index contributed by atoms with van der Waals surface area (Å²) in [7, 11) is 0. The maximum Gasteiger partial charge on any atom is 0.145 e. The third-order valence-corrected chi connectivity index (χ3v) is 4.74. The van der Waals surface area contributed by atoms with Crippen molar-refractivity contribution in [3.63, 3.8) is 0 Å². The summed E-state index contributed by atoms with van der Waals surface area (Å²) in [5.74, 6) is 0.678. The number of fused-ring (bicyclic) bond motifs is 1. The molecule has 0 fully saturated rings. The number of rotatable bonds is 5. The molecule has 0 aliphatic rings. The van der Waals surface area contributed by atoms with Gasteiger partial charge in [0.1, 0.15) is 33.7 Å². The molecule has 0 atom stereocenters. The zero-order valence-corrected chi connectivity index (χ0v) is 16.1. The predicted octanol–water partition coefficient (Wildman–Crippen LogP) is 4.58. The standard InChI is InChI=1S/C21H19N3O3S/c1-2-11-27-19-10-8-16(14-5-3-4-6-15(14)19)20-21(28)22-23-24(20)17-9-7-13(25)12-18(17)26/h3-10,12,25-26,28H,2,11H2,1H3. The zero-order valence-electron chi connectivity index (χ0n) is 15.2. The van der Waals surface area contributed by atoms with Gasteiger partial charge in [-0.3, -0.25) is 0 Å². The van der Waals surface area contributed by atoms with Gasteiger partial charge in [0.05, 0.1) is 6.61 Å². The van der Waals surface area contributed by atoms with Crippen LogP contribution in [0.15, 0.2) is 59.6 Å². The fraction of sp³-hybridized carbons (Fsp3) is 0.143. The van der Waals surface area contributed by atoms with Crippen molar-refractivity contribution in [2.75, 3.05) is 6.61 Å². The van der Waals surface area contributed by atoms with E-state index in [-0.39, 0.29) is 11.5 Å². The summed E-state index contributed by atoms with van der Waals surface area (Å²) in [6, 6.07) is 16.1. The highest BCUT2D eigenvalue weighted by molar-refractivity contribution is 7.80. The van der Waals surface area contributed by atoms with Crippen LogP contribution in [0.1, 0.15) is 13.3 Å². The number of ether oxygens (including phenoxy) is 1. The lowest BCUT2D eigenvalue weighted by molar-refractivity contribution is 0.321. The molecule has 1 aromatic heterocycles. The summed E-state index contributed by atoms with van der Waals surface area (Å²) in [5.41, 5.74) is 1.90. The van der Waals surface area contributed by atoms with Gasteiger partial charge in [0.25, 0.3) is 0 Å². The lowest BCUT2D eigenvalue weighted by atomic mass is 10.0. The third-order valence-electron chi connectivity index (χ3n) is 4.44. The summed E-state index contributed by atoms with van der Waals surface area (Å²) >= 11 is 4.49. The van der Waals surface area contributed by atoms with Crippen LogP contribution in [0.3, 0.4) is 0 Å². The van der Waals surface area contributed by atoms with Crippen molar-refractivity contribution in [2.24, 2.45) is 0 Å². The second-order valence-electron chi connectivity index (χ2n) is 6.35. The first-order valence-corrected chi connectivity index (χ1v) is 9.36. The second kappa shape index (κ2) is 7.44. The van der Waals surface area contributed by atoms with Crippen molar-refractivity contribution in [1.29, 1.82) is 0 Å². The summed E-state index contributed by atoms with van der Waals surface area (Å²) in [5, 5.41) is 30.5. The van der Waals surface area contributed by atoms with Crippen LogP contribution in [-0.2, 0) is 0 Å². The van der Waals surface area contributed by atoms with E-state index in [1.807, 2.05) is 36.4 Å². The molecule has 0 radical (unpaired) electrons. The van der Waals surface area contributed by atoms with E-state index in [0.29, 0.717) is 23.0 Å². The first-order chi connectivity index (χ1) is 13.6. The van der Waals surface area contributed by atoms with Crippen molar-refractivity contribution in [2.45, 2.75) is 18.4 Å². The summed E-state index contributed by atoms with van der Waals surface area (Å²) < 4.78 is 7.41. The van der Waals surface area contributed by atoms with Gasteiger partial charge in [0.2, 0.25) is 0 Å². The third kappa shape index (κ3) is 3.14. The molecule has 0 aliphatic heterocycles. The Balaban J connectivity index is 1.94. The molecule has 142 valence electrons. The number of hydrogen-bond donors (Lipinski definition) is 3. The quantitative estimate of drug-likeness (QED) is 0.433. The minimum atomic E-state index is -0.105. The Bertz CT molecular complexity index is 1160.